The molecule has 28 heavy (non-hydrogen) atoms. The number of hydrogen-bond donors (Lipinski definition) is 2. The summed E-state index contributed by atoms with van der Waals surface area (Å²) >= 11 is 0. The van der Waals surface area contributed by atoms with E-state index < -0.39 is 17.9 Å². The van der Waals surface area contributed by atoms with Crippen LogP contribution in [0.4, 0.5) is 5.69 Å². The first kappa shape index (κ1) is 22.1. The molecule has 155 valence electrons. The summed E-state index contributed by atoms with van der Waals surface area (Å²) in [5.74, 6) is -0.0468. The second kappa shape index (κ2) is 11.6. The first-order valence-corrected chi connectivity index (χ1v) is 10.6. The molecule has 0 spiro atoms. The van der Waals surface area contributed by atoms with Gasteiger partial charge in [0.1, 0.15) is 11.8 Å². The summed E-state index contributed by atoms with van der Waals surface area (Å²) in [5.41, 5.74) is 13.9. The molecule has 0 heterocycles. The number of primary amides is 1. The fourth-order valence-corrected chi connectivity index (χ4v) is 3.78. The van der Waals surface area contributed by atoms with Gasteiger partial charge in [0.05, 0.1) is 17.9 Å². The molecular formula is C22H34N3O3. The highest BCUT2D eigenvalue weighted by molar-refractivity contribution is 6.00. The van der Waals surface area contributed by atoms with Crippen molar-refractivity contribution in [1.82, 2.24) is 11.1 Å². The molecule has 6 heteroatoms. The molecule has 1 aliphatic carbocycles. The van der Waals surface area contributed by atoms with Crippen molar-refractivity contribution in [3.05, 3.63) is 23.8 Å². The minimum absolute atomic E-state index is 0.228. The van der Waals surface area contributed by atoms with Gasteiger partial charge < -0.3 is 21.5 Å². The normalized spacial score (nSPS) is 15.8. The Morgan fingerprint density at radius 2 is 1.96 bits per heavy atom. The molecule has 1 aromatic rings. The Morgan fingerprint density at radius 1 is 1.21 bits per heavy atom. The summed E-state index contributed by atoms with van der Waals surface area (Å²) in [6.07, 6.45) is 10.6. The molecular weight excluding hydrogens is 354 g/mol. The molecule has 1 aromatic carbocycles. The lowest BCUT2D eigenvalue weighted by Crippen LogP contribution is -2.45. The van der Waals surface area contributed by atoms with Crippen molar-refractivity contribution < 1.29 is 14.3 Å². The van der Waals surface area contributed by atoms with E-state index in [-0.39, 0.29) is 11.3 Å². The molecule has 4 N–H and O–H groups in total. The fourth-order valence-electron chi connectivity index (χ4n) is 3.78. The van der Waals surface area contributed by atoms with Gasteiger partial charge in [0.2, 0.25) is 5.91 Å². The van der Waals surface area contributed by atoms with Gasteiger partial charge in [-0.25, -0.2) is 0 Å². The number of carbonyl (C=O) groups excluding carboxylic acids is 2. The molecule has 1 radical (unpaired) electrons. The number of rotatable bonds is 11. The highest BCUT2D eigenvalue weighted by Crippen LogP contribution is 2.28. The van der Waals surface area contributed by atoms with Gasteiger partial charge >= 0.3 is 0 Å². The summed E-state index contributed by atoms with van der Waals surface area (Å²) in [6, 6.07) is 4.04. The maximum Gasteiger partial charge on any atom is 0.255 e. The Kier molecular flexibility index (Phi) is 9.11. The number of hydrogen-bond acceptors (Lipinski definition) is 3. The van der Waals surface area contributed by atoms with Crippen molar-refractivity contribution in [2.24, 2.45) is 11.7 Å². The third kappa shape index (κ3) is 7.06. The lowest BCUT2D eigenvalue weighted by Gasteiger charge is -2.25. The number of benzene rings is 1. The third-order valence-corrected chi connectivity index (χ3v) is 5.42. The Labute approximate surface area is 168 Å². The molecule has 0 aromatic heterocycles. The number of ether oxygens (including phenoxy) is 1. The zero-order valence-electron chi connectivity index (χ0n) is 17.0. The number of unbranched alkanes of at least 4 members (excludes halogenated alkanes) is 3. The van der Waals surface area contributed by atoms with Crippen LogP contribution in [0.15, 0.2) is 18.2 Å². The molecule has 1 fully saturated rings. The quantitative estimate of drug-likeness (QED) is 0.557. The molecule has 1 aliphatic rings. The first-order valence-electron chi connectivity index (χ1n) is 10.6. The lowest BCUT2D eigenvalue weighted by atomic mass is 9.84. The maximum absolute atomic E-state index is 12.8. The van der Waals surface area contributed by atoms with Crippen LogP contribution < -0.4 is 21.5 Å². The number of amides is 2. The smallest absolute Gasteiger partial charge is 0.255 e. The molecule has 0 bridgehead atoms. The summed E-state index contributed by atoms with van der Waals surface area (Å²) in [4.78, 5) is 24.7. The van der Waals surface area contributed by atoms with Gasteiger partial charge in [-0.1, -0.05) is 58.3 Å². The first-order chi connectivity index (χ1) is 13.5. The van der Waals surface area contributed by atoms with Gasteiger partial charge in [-0.2, -0.15) is 0 Å². The SMILES string of the molecule is CCCCCCOc1ccc([NH])cc1C(=O)N[C@@H](CC1CCCCC1)C(N)=O. The van der Waals surface area contributed by atoms with Gasteiger partial charge in [-0.3, -0.25) is 9.59 Å². The van der Waals surface area contributed by atoms with E-state index in [2.05, 4.69) is 12.2 Å². The van der Waals surface area contributed by atoms with Crippen LogP contribution in [0, 0.1) is 5.92 Å². The van der Waals surface area contributed by atoms with E-state index in [1.807, 2.05) is 0 Å². The Morgan fingerprint density at radius 3 is 2.64 bits per heavy atom. The second-order valence-electron chi connectivity index (χ2n) is 7.79. The summed E-state index contributed by atoms with van der Waals surface area (Å²) in [7, 11) is 0. The zero-order chi connectivity index (χ0) is 20.4. The van der Waals surface area contributed by atoms with Crippen LogP contribution in [0.2, 0.25) is 0 Å². The molecule has 0 aliphatic heterocycles. The highest BCUT2D eigenvalue weighted by atomic mass is 16.5. The monoisotopic (exact) mass is 388 g/mol. The van der Waals surface area contributed by atoms with Gasteiger partial charge in [0, 0.05) is 0 Å². The molecule has 2 amide bonds. The van der Waals surface area contributed by atoms with Gasteiger partial charge in [0.25, 0.3) is 5.91 Å². The van der Waals surface area contributed by atoms with E-state index in [0.29, 0.717) is 24.7 Å². The molecule has 1 saturated carbocycles. The van der Waals surface area contributed by atoms with Gasteiger partial charge in [-0.05, 0) is 37.0 Å². The van der Waals surface area contributed by atoms with Gasteiger partial charge in [-0.15, -0.1) is 0 Å². The van der Waals surface area contributed by atoms with Crippen LogP contribution in [0.5, 0.6) is 5.75 Å². The molecule has 0 unspecified atom stereocenters. The van der Waals surface area contributed by atoms with E-state index >= 15 is 0 Å². The third-order valence-electron chi connectivity index (χ3n) is 5.42. The molecule has 2 rings (SSSR count). The Balaban J connectivity index is 2.01. The van der Waals surface area contributed by atoms with Crippen molar-refractivity contribution in [2.75, 3.05) is 6.61 Å². The van der Waals surface area contributed by atoms with Crippen LogP contribution in [-0.4, -0.2) is 24.5 Å². The topological polar surface area (TPSA) is 105 Å². The summed E-state index contributed by atoms with van der Waals surface area (Å²) < 4.78 is 5.79. The standard InChI is InChI=1S/C22H34N3O3/c1-2-3-4-8-13-28-20-12-11-17(23)15-18(20)22(27)25-19(21(24)26)14-16-9-6-5-7-10-16/h11-12,15-16,19,23H,2-10,13-14H2,1H3,(H2,24,26)(H,25,27)/t19-/m0/s1. The molecule has 6 nitrogen and oxygen atoms in total. The molecule has 1 atom stereocenters. The van der Waals surface area contributed by atoms with Crippen molar-refractivity contribution in [2.45, 2.75) is 77.2 Å². The fraction of sp³-hybridized carbons (Fsp3) is 0.636. The predicted octanol–water partition coefficient (Wildman–Crippen LogP) is 4.11. The Hall–Kier alpha value is -2.24. The van der Waals surface area contributed by atoms with Crippen LogP contribution in [0.1, 0.15) is 81.5 Å². The molecule has 0 saturated heterocycles. The maximum atomic E-state index is 12.8. The summed E-state index contributed by atoms with van der Waals surface area (Å²) in [6.45, 7) is 2.68. The van der Waals surface area contributed by atoms with Crippen molar-refractivity contribution in [1.29, 1.82) is 0 Å². The van der Waals surface area contributed by atoms with Crippen LogP contribution in [0.3, 0.4) is 0 Å². The highest BCUT2D eigenvalue weighted by Gasteiger charge is 2.25. The van der Waals surface area contributed by atoms with E-state index in [1.165, 1.54) is 25.3 Å². The van der Waals surface area contributed by atoms with E-state index in [0.717, 1.165) is 38.5 Å². The average Bonchev–Trinajstić information content (AvgIpc) is 2.69. The minimum Gasteiger partial charge on any atom is -0.493 e. The lowest BCUT2D eigenvalue weighted by molar-refractivity contribution is -0.120. The van der Waals surface area contributed by atoms with E-state index in [4.69, 9.17) is 16.2 Å². The number of nitrogens with two attached hydrogens (primary N) is 1. The largest absolute Gasteiger partial charge is 0.493 e. The van der Waals surface area contributed by atoms with E-state index in [1.54, 1.807) is 12.1 Å². The van der Waals surface area contributed by atoms with Crippen molar-refractivity contribution in [3.8, 4) is 5.75 Å². The van der Waals surface area contributed by atoms with Crippen molar-refractivity contribution >= 4 is 17.5 Å². The zero-order valence-corrected chi connectivity index (χ0v) is 17.0. The van der Waals surface area contributed by atoms with Crippen molar-refractivity contribution in [3.63, 3.8) is 0 Å². The van der Waals surface area contributed by atoms with E-state index in [9.17, 15) is 9.59 Å². The van der Waals surface area contributed by atoms with Crippen LogP contribution >= 0.6 is 0 Å². The second-order valence-corrected chi connectivity index (χ2v) is 7.79. The number of nitrogens with one attached hydrogen (secondary N) is 2. The average molecular weight is 389 g/mol. The number of carbonyl (C=O) groups is 2. The summed E-state index contributed by atoms with van der Waals surface area (Å²) in [5, 5.41) is 2.78. The van der Waals surface area contributed by atoms with Crippen LogP contribution in [0.25, 0.3) is 0 Å². The van der Waals surface area contributed by atoms with Crippen LogP contribution in [-0.2, 0) is 4.79 Å². The predicted molar refractivity (Wildman–Crippen MR) is 110 cm³/mol. The Bertz CT molecular complexity index is 642. The van der Waals surface area contributed by atoms with Gasteiger partial charge in [0.15, 0.2) is 0 Å². The minimum atomic E-state index is -0.692.